The SMILES string of the molecule is [2H]CNCC(=O)OCC. The number of ether oxygens (including phenoxy) is 1. The first-order chi connectivity index (χ1) is 4.31. The molecule has 3 heteroatoms. The fourth-order valence-electron chi connectivity index (χ4n) is 0.314. The van der Waals surface area contributed by atoms with Crippen molar-refractivity contribution in [2.75, 3.05) is 20.2 Å². The highest BCUT2D eigenvalue weighted by molar-refractivity contribution is 5.71. The number of hydrogen-bond acceptors (Lipinski definition) is 3. The molecule has 0 spiro atoms. The molecule has 0 aromatic carbocycles. The Labute approximate surface area is 50.4 Å². The number of likely N-dealkylation sites (N-methyl/N-ethyl adjacent to an activating group) is 1. The second-order valence-corrected chi connectivity index (χ2v) is 1.23. The van der Waals surface area contributed by atoms with Crippen molar-refractivity contribution < 1.29 is 10.9 Å². The highest BCUT2D eigenvalue weighted by atomic mass is 16.5. The first kappa shape index (κ1) is 5.56. The summed E-state index contributed by atoms with van der Waals surface area (Å²) in [5.41, 5.74) is 0. The quantitative estimate of drug-likeness (QED) is 0.520. The van der Waals surface area contributed by atoms with Gasteiger partial charge in [0.05, 0.1) is 13.2 Å². The van der Waals surface area contributed by atoms with E-state index in [1.165, 1.54) is 0 Å². The van der Waals surface area contributed by atoms with Crippen molar-refractivity contribution in [3.63, 3.8) is 0 Å². The molecule has 0 aromatic heterocycles. The smallest absolute Gasteiger partial charge is 0.319 e. The third-order valence-corrected chi connectivity index (χ3v) is 0.575. The van der Waals surface area contributed by atoms with Crippen LogP contribution in [0.2, 0.25) is 0 Å². The summed E-state index contributed by atoms with van der Waals surface area (Å²) in [4.78, 5) is 10.4. The van der Waals surface area contributed by atoms with Crippen molar-refractivity contribution in [1.82, 2.24) is 5.32 Å². The molecule has 0 aliphatic rings. The molecule has 3 nitrogen and oxygen atoms in total. The van der Waals surface area contributed by atoms with Gasteiger partial charge >= 0.3 is 5.97 Å². The molecular weight excluding hydrogens is 106 g/mol. The molecule has 0 saturated heterocycles. The van der Waals surface area contributed by atoms with Crippen molar-refractivity contribution in [3.8, 4) is 0 Å². The lowest BCUT2D eigenvalue weighted by Gasteiger charge is -1.97. The Morgan fingerprint density at radius 2 is 2.75 bits per heavy atom. The summed E-state index contributed by atoms with van der Waals surface area (Å²) in [6.45, 7) is 2.29. The van der Waals surface area contributed by atoms with Crippen LogP contribution in [0.25, 0.3) is 0 Å². The van der Waals surface area contributed by atoms with Crippen molar-refractivity contribution in [2.45, 2.75) is 6.92 Å². The molecule has 8 heavy (non-hydrogen) atoms. The van der Waals surface area contributed by atoms with E-state index in [-0.39, 0.29) is 19.5 Å². The van der Waals surface area contributed by atoms with Crippen LogP contribution >= 0.6 is 0 Å². The van der Waals surface area contributed by atoms with E-state index in [1.807, 2.05) is 0 Å². The molecule has 0 aromatic rings. The lowest BCUT2D eigenvalue weighted by atomic mass is 10.6. The van der Waals surface area contributed by atoms with Crippen molar-refractivity contribution in [1.29, 1.82) is 0 Å². The first-order valence-corrected chi connectivity index (χ1v) is 2.46. The third kappa shape index (κ3) is 3.61. The largest absolute Gasteiger partial charge is 0.465 e. The van der Waals surface area contributed by atoms with Crippen LogP contribution in [-0.2, 0) is 9.53 Å². The third-order valence-electron chi connectivity index (χ3n) is 0.575. The Morgan fingerprint density at radius 1 is 2.00 bits per heavy atom. The Bertz CT molecular complexity index is 87.0. The van der Waals surface area contributed by atoms with E-state index in [0.29, 0.717) is 6.61 Å². The van der Waals surface area contributed by atoms with Crippen LogP contribution in [0, 0.1) is 0 Å². The first-order valence-electron chi connectivity index (χ1n) is 3.17. The van der Waals surface area contributed by atoms with E-state index >= 15 is 0 Å². The Balaban J connectivity index is 3.06. The van der Waals surface area contributed by atoms with Gasteiger partial charge < -0.3 is 10.1 Å². The average Bonchev–Trinajstić information content (AvgIpc) is 1.85. The second-order valence-electron chi connectivity index (χ2n) is 1.23. The Hall–Kier alpha value is -0.570. The van der Waals surface area contributed by atoms with Gasteiger partial charge in [-0.15, -0.1) is 0 Å². The van der Waals surface area contributed by atoms with Crippen molar-refractivity contribution in [3.05, 3.63) is 0 Å². The predicted octanol–water partition coefficient (Wildman–Crippen LogP) is -0.231. The molecule has 1 N–H and O–H groups in total. The van der Waals surface area contributed by atoms with Crippen LogP contribution in [0.3, 0.4) is 0 Å². The summed E-state index contributed by atoms with van der Waals surface area (Å²) in [6, 6.07) is 0. The van der Waals surface area contributed by atoms with E-state index in [4.69, 9.17) is 1.37 Å². The normalized spacial score (nSPS) is 10.4. The standard InChI is InChI=1S/C5H11NO2/c1-3-8-5(7)4-6-2/h6H,3-4H2,1-2H3/i2D. The maximum Gasteiger partial charge on any atom is 0.319 e. The zero-order valence-electron chi connectivity index (χ0n) is 5.94. The molecule has 0 rings (SSSR count). The van der Waals surface area contributed by atoms with Gasteiger partial charge in [0.2, 0.25) is 0 Å². The monoisotopic (exact) mass is 118 g/mol. The van der Waals surface area contributed by atoms with Crippen LogP contribution < -0.4 is 5.32 Å². The molecule has 0 unspecified atom stereocenters. The number of nitrogens with one attached hydrogen (secondary N) is 1. The van der Waals surface area contributed by atoms with Crippen LogP contribution in [-0.4, -0.2) is 26.1 Å². The van der Waals surface area contributed by atoms with E-state index in [1.54, 1.807) is 6.92 Å². The highest BCUT2D eigenvalue weighted by Crippen LogP contribution is 1.72. The number of esters is 1. The molecule has 0 fully saturated rings. The lowest BCUT2D eigenvalue weighted by Crippen LogP contribution is -2.20. The number of carbonyl (C=O) groups is 1. The second kappa shape index (κ2) is 4.59. The van der Waals surface area contributed by atoms with Gasteiger partial charge in [0.1, 0.15) is 0 Å². The van der Waals surface area contributed by atoms with Gasteiger partial charge in [-0.3, -0.25) is 4.79 Å². The maximum atomic E-state index is 10.4. The summed E-state index contributed by atoms with van der Waals surface area (Å²) < 4.78 is 11.2. The molecule has 48 valence electrons. The van der Waals surface area contributed by atoms with Gasteiger partial charge in [-0.1, -0.05) is 0 Å². The van der Waals surface area contributed by atoms with Gasteiger partial charge in [0, 0.05) is 1.37 Å². The molecular formula is C5H11NO2. The maximum absolute atomic E-state index is 10.4. The Kier molecular flexibility index (Phi) is 3.19. The van der Waals surface area contributed by atoms with Gasteiger partial charge in [0.15, 0.2) is 0 Å². The average molecular weight is 118 g/mol. The highest BCUT2D eigenvalue weighted by Gasteiger charge is 1.94. The van der Waals surface area contributed by atoms with Crippen LogP contribution in [0.15, 0.2) is 0 Å². The fourth-order valence-corrected chi connectivity index (χ4v) is 0.314. The summed E-state index contributed by atoms with van der Waals surface area (Å²) >= 11 is 0. The minimum Gasteiger partial charge on any atom is -0.465 e. The fraction of sp³-hybridized carbons (Fsp3) is 0.800. The lowest BCUT2D eigenvalue weighted by molar-refractivity contribution is -0.141. The van der Waals surface area contributed by atoms with Crippen LogP contribution in [0.4, 0.5) is 0 Å². The van der Waals surface area contributed by atoms with E-state index in [9.17, 15) is 4.79 Å². The molecule has 0 radical (unpaired) electrons. The van der Waals surface area contributed by atoms with Crippen molar-refractivity contribution >= 4 is 5.97 Å². The van der Waals surface area contributed by atoms with Gasteiger partial charge in [-0.2, -0.15) is 0 Å². The number of hydrogen-bond donors (Lipinski definition) is 1. The van der Waals surface area contributed by atoms with Crippen molar-refractivity contribution in [2.24, 2.45) is 0 Å². The molecule has 0 aliphatic carbocycles. The molecule has 0 heterocycles. The minimum atomic E-state index is -0.301. The Morgan fingerprint density at radius 3 is 3.25 bits per heavy atom. The number of carbonyl (C=O) groups excluding carboxylic acids is 1. The van der Waals surface area contributed by atoms with Gasteiger partial charge in [-0.25, -0.2) is 0 Å². The van der Waals surface area contributed by atoms with E-state index < -0.39 is 0 Å². The van der Waals surface area contributed by atoms with Crippen LogP contribution in [0.1, 0.15) is 8.29 Å². The predicted molar refractivity (Wildman–Crippen MR) is 30.6 cm³/mol. The summed E-state index contributed by atoms with van der Waals surface area (Å²) in [5.74, 6) is -0.301. The van der Waals surface area contributed by atoms with E-state index in [2.05, 4.69) is 10.1 Å². The van der Waals surface area contributed by atoms with E-state index in [0.717, 1.165) is 0 Å². The zero-order chi connectivity index (χ0) is 7.11. The molecule has 0 bridgehead atoms. The summed E-state index contributed by atoms with van der Waals surface area (Å²) in [7, 11) is 0.0544. The zero-order valence-corrected chi connectivity index (χ0v) is 4.94. The number of rotatable bonds is 3. The molecule has 0 atom stereocenters. The summed E-state index contributed by atoms with van der Waals surface area (Å²) in [5, 5.41) is 2.52. The topological polar surface area (TPSA) is 38.3 Å². The van der Waals surface area contributed by atoms with Gasteiger partial charge in [0.25, 0.3) is 0 Å². The van der Waals surface area contributed by atoms with Crippen LogP contribution in [0.5, 0.6) is 0 Å². The summed E-state index contributed by atoms with van der Waals surface area (Å²) in [6.07, 6.45) is 0. The molecule has 0 saturated carbocycles. The molecule has 0 amide bonds. The van der Waals surface area contributed by atoms with Gasteiger partial charge in [-0.05, 0) is 13.9 Å². The minimum absolute atomic E-state index is 0.0544. The molecule has 0 aliphatic heterocycles.